The zero-order chi connectivity index (χ0) is 37.6. The van der Waals surface area contributed by atoms with Crippen molar-refractivity contribution in [2.45, 2.75) is 12.3 Å². The van der Waals surface area contributed by atoms with E-state index in [1.165, 1.54) is 143 Å². The summed E-state index contributed by atoms with van der Waals surface area (Å²) in [5.41, 5.74) is 44.3. The van der Waals surface area contributed by atoms with Gasteiger partial charge in [0.25, 0.3) is 0 Å². The third-order valence-electron chi connectivity index (χ3n) is 15.4. The fourth-order valence-corrected chi connectivity index (χ4v) is 11.0. The van der Waals surface area contributed by atoms with Gasteiger partial charge in [0.1, 0.15) is 149 Å². The molecule has 0 N–H and O–H groups in total. The predicted octanol–water partition coefficient (Wildman–Crippen LogP) is -25.0. The molecule has 0 saturated heterocycles. The van der Waals surface area contributed by atoms with Crippen molar-refractivity contribution in [2.75, 3.05) is 0 Å². The van der Waals surface area contributed by atoms with Gasteiger partial charge in [0, 0.05) is 5.92 Å². The van der Waals surface area contributed by atoms with Gasteiger partial charge in [-0.3, -0.25) is 0 Å². The van der Waals surface area contributed by atoms with Crippen LogP contribution in [0.4, 0.5) is 0 Å². The smallest absolute Gasteiger partial charge is 0.102 e. The second kappa shape index (κ2) is 12.2. The molecule has 2 aliphatic rings. The molecule has 19 heteroatoms. The van der Waals surface area contributed by atoms with Crippen LogP contribution in [0.15, 0.2) is 0 Å². The van der Waals surface area contributed by atoms with Crippen LogP contribution >= 0.6 is 0 Å². The first-order valence-corrected chi connectivity index (χ1v) is 19.3. The maximum absolute atomic E-state index is 2.46. The van der Waals surface area contributed by atoms with Gasteiger partial charge in [-0.25, -0.2) is 0 Å². The summed E-state index contributed by atoms with van der Waals surface area (Å²) in [4.78, 5) is 0. The largest absolute Gasteiger partial charge is 0.140 e. The minimum Gasteiger partial charge on any atom is -0.102 e. The number of benzene rings is 5. The van der Waals surface area contributed by atoms with E-state index in [4.69, 9.17) is 0 Å². The summed E-state index contributed by atoms with van der Waals surface area (Å²) < 4.78 is 0. The molecule has 51 heavy (non-hydrogen) atoms. The van der Waals surface area contributed by atoms with Crippen molar-refractivity contribution in [1.29, 1.82) is 0 Å². The molecule has 0 heterocycles. The zero-order valence-electron chi connectivity index (χ0n) is 35.3. The van der Waals surface area contributed by atoms with Crippen LogP contribution in [0.25, 0.3) is 33.4 Å². The van der Waals surface area contributed by atoms with Crippen molar-refractivity contribution in [1.82, 2.24) is 0 Å². The Balaban J connectivity index is 1.65. The Bertz CT molecular complexity index is 2470. The van der Waals surface area contributed by atoms with E-state index >= 15 is 0 Å². The van der Waals surface area contributed by atoms with Crippen LogP contribution in [-0.4, -0.2) is 149 Å². The summed E-state index contributed by atoms with van der Waals surface area (Å²) in [6.45, 7) is 0. The van der Waals surface area contributed by atoms with Crippen LogP contribution in [-0.2, 0) is 6.42 Å². The molecule has 5 aromatic rings. The van der Waals surface area contributed by atoms with E-state index in [9.17, 15) is 0 Å². The van der Waals surface area contributed by atoms with Gasteiger partial charge >= 0.3 is 0 Å². The quantitative estimate of drug-likeness (QED) is 0.167. The van der Waals surface area contributed by atoms with Gasteiger partial charge in [0.2, 0.25) is 0 Å². The third kappa shape index (κ3) is 4.61. The molecule has 0 aromatic heterocycles. The van der Waals surface area contributed by atoms with Gasteiger partial charge in [-0.1, -0.05) is 65.6 Å². The molecule has 1 unspecified atom stereocenters. The summed E-state index contributed by atoms with van der Waals surface area (Å²) in [5, 5.41) is 0. The third-order valence-corrected chi connectivity index (χ3v) is 15.4. The van der Waals surface area contributed by atoms with E-state index in [0.29, 0.717) is 0 Å². The molecule has 2 aliphatic carbocycles. The van der Waals surface area contributed by atoms with Gasteiger partial charge in [0.05, 0.1) is 0 Å². The van der Waals surface area contributed by atoms with Gasteiger partial charge in [-0.05, 0) is 67.6 Å². The normalized spacial score (nSPS) is 13.9. The van der Waals surface area contributed by atoms with Crippen LogP contribution in [0.2, 0.25) is 0 Å². The minimum atomic E-state index is 0.227. The molecule has 0 radical (unpaired) electrons. The van der Waals surface area contributed by atoms with E-state index < -0.39 is 0 Å². The second-order valence-electron chi connectivity index (χ2n) is 16.9. The van der Waals surface area contributed by atoms with E-state index in [2.05, 4.69) is 149 Å². The number of rotatable bonds is 2. The molecule has 7 rings (SSSR count). The Morgan fingerprint density at radius 3 is 0.961 bits per heavy atom. The molecule has 0 spiro atoms. The number of hydrogen-bond acceptors (Lipinski definition) is 0. The highest BCUT2D eigenvalue weighted by Gasteiger charge is 2.39. The number of fused-ring (bicyclic) bond motifs is 6. The number of hydrogen-bond donors (Lipinski definition) is 0. The Morgan fingerprint density at radius 1 is 0.216 bits per heavy atom. The average molecular weight is 631 g/mol. The fourth-order valence-electron chi connectivity index (χ4n) is 11.0. The first-order valence-electron chi connectivity index (χ1n) is 19.3. The highest BCUT2D eigenvalue weighted by atomic mass is 14.4. The lowest BCUT2D eigenvalue weighted by atomic mass is 9.56. The van der Waals surface area contributed by atoms with Gasteiger partial charge in [-0.15, -0.1) is 38.2 Å². The minimum absolute atomic E-state index is 0.227. The topological polar surface area (TPSA) is 0 Å². The Kier molecular flexibility index (Phi) is 8.76. The monoisotopic (exact) mass is 634 g/mol. The maximum atomic E-state index is 2.46. The standard InChI is InChI=1S/C32H41B19/c33-14-2-1-3-5(18(37)27(46)26(45)15(3)34)4(2)16(35)12(22(14)41)13-17(36)9-7(19(38)23(13)42)6(8-10(9)21(40)29(48)28(47)20(8)39)11-24(43)30(49)32(51)31(50)25(11)44/h6H,1,33-51H2. The van der Waals surface area contributed by atoms with Crippen molar-refractivity contribution in [2.24, 2.45) is 0 Å². The Labute approximate surface area is 324 Å². The summed E-state index contributed by atoms with van der Waals surface area (Å²) in [6.07, 6.45) is 1.05. The zero-order valence-corrected chi connectivity index (χ0v) is 35.3. The van der Waals surface area contributed by atoms with E-state index in [-0.39, 0.29) is 5.92 Å². The summed E-state index contributed by atoms with van der Waals surface area (Å²) in [6, 6.07) is 0. The molecule has 5 aromatic carbocycles. The van der Waals surface area contributed by atoms with E-state index in [1.807, 2.05) is 0 Å². The molecule has 0 fully saturated rings. The van der Waals surface area contributed by atoms with Crippen LogP contribution < -0.4 is 104 Å². The Hall–Kier alpha value is -2.67. The second-order valence-corrected chi connectivity index (χ2v) is 16.9. The van der Waals surface area contributed by atoms with Crippen molar-refractivity contribution >= 4 is 253 Å². The van der Waals surface area contributed by atoms with Crippen LogP contribution in [0.1, 0.15) is 33.7 Å². The first kappa shape index (κ1) is 36.7. The fraction of sp³-hybridized carbons (Fsp3) is 0.0625. The molecule has 0 aliphatic heterocycles. The summed E-state index contributed by atoms with van der Waals surface area (Å²) >= 11 is 0. The molecule has 0 nitrogen and oxygen atoms in total. The molecule has 0 amide bonds. The molecule has 0 saturated carbocycles. The molecule has 0 bridgehead atoms. The van der Waals surface area contributed by atoms with Crippen LogP contribution in [0.5, 0.6) is 0 Å². The van der Waals surface area contributed by atoms with E-state index in [1.54, 1.807) is 22.3 Å². The van der Waals surface area contributed by atoms with Gasteiger partial charge in [0.15, 0.2) is 0 Å². The van der Waals surface area contributed by atoms with Crippen molar-refractivity contribution in [3.63, 3.8) is 0 Å². The SMILES string of the molecule is Bc1c(B)c(B)c(C2c3c(B)c(B)c(B)c(B)c3-c3c(B)c(-c4c(B)c(B)c5c(c4B)-c4c(B)c(B)c(B)c(B)c4C5)c(B)c(B)c32)c(B)c1B. The van der Waals surface area contributed by atoms with Crippen molar-refractivity contribution in [3.05, 3.63) is 27.8 Å². The lowest BCUT2D eigenvalue weighted by Crippen LogP contribution is -2.57. The molecule has 1 atom stereocenters. The van der Waals surface area contributed by atoms with Crippen molar-refractivity contribution in [3.8, 4) is 33.4 Å². The van der Waals surface area contributed by atoms with Crippen LogP contribution in [0, 0.1) is 0 Å². The van der Waals surface area contributed by atoms with Gasteiger partial charge < -0.3 is 0 Å². The average Bonchev–Trinajstić information content (AvgIpc) is 3.68. The van der Waals surface area contributed by atoms with Gasteiger partial charge in [-0.2, -0.15) is 0 Å². The highest BCUT2D eigenvalue weighted by molar-refractivity contribution is 6.70. The molecular weight excluding hydrogens is 590 g/mol. The van der Waals surface area contributed by atoms with Crippen molar-refractivity contribution < 1.29 is 0 Å². The lowest BCUT2D eigenvalue weighted by molar-refractivity contribution is 1.06. The summed E-state index contributed by atoms with van der Waals surface area (Å²) in [5.74, 6) is 0.227. The first-order chi connectivity index (χ1) is 23.8. The predicted molar refractivity (Wildman–Crippen MR) is 288 cm³/mol. The van der Waals surface area contributed by atoms with E-state index in [0.717, 1.165) is 6.42 Å². The highest BCUT2D eigenvalue weighted by Crippen LogP contribution is 2.44. The summed E-state index contributed by atoms with van der Waals surface area (Å²) in [7, 11) is 45.2. The molecular formula is C32H41B19. The molecule has 226 valence electrons. The lowest BCUT2D eigenvalue weighted by Gasteiger charge is -2.30. The Morgan fingerprint density at radius 2 is 0.471 bits per heavy atom. The van der Waals surface area contributed by atoms with Crippen LogP contribution in [0.3, 0.4) is 0 Å². The maximum Gasteiger partial charge on any atom is 0.140 e.